The van der Waals surface area contributed by atoms with Crippen molar-refractivity contribution in [3.63, 3.8) is 0 Å². The van der Waals surface area contributed by atoms with Gasteiger partial charge in [-0.1, -0.05) is 36.4 Å². The molecule has 3 nitrogen and oxygen atoms in total. The van der Waals surface area contributed by atoms with E-state index in [-0.39, 0.29) is 0 Å². The van der Waals surface area contributed by atoms with Crippen molar-refractivity contribution in [1.29, 1.82) is 0 Å². The molecule has 2 aromatic carbocycles. The summed E-state index contributed by atoms with van der Waals surface area (Å²) in [4.78, 5) is 12.2. The van der Waals surface area contributed by atoms with E-state index in [9.17, 15) is 9.90 Å². The van der Waals surface area contributed by atoms with Gasteiger partial charge < -0.3 is 10.4 Å². The summed E-state index contributed by atoms with van der Waals surface area (Å²) in [6, 6.07) is 12.9. The Bertz CT molecular complexity index is 678. The van der Waals surface area contributed by atoms with Crippen molar-refractivity contribution in [1.82, 2.24) is 0 Å². The summed E-state index contributed by atoms with van der Waals surface area (Å²) in [6.45, 7) is 3.98. The number of carbonyl (C=O) groups excluding carboxylic acids is 1. The summed E-state index contributed by atoms with van der Waals surface area (Å²) in [6.07, 6.45) is 0. The van der Waals surface area contributed by atoms with Crippen LogP contribution < -0.4 is 5.32 Å². The van der Waals surface area contributed by atoms with Gasteiger partial charge in [0.05, 0.1) is 0 Å². The van der Waals surface area contributed by atoms with Gasteiger partial charge in [-0.3, -0.25) is 4.79 Å². The molecular formula is C16H15NO2. The third-order valence-electron chi connectivity index (χ3n) is 3.82. The largest absolute Gasteiger partial charge is 0.372 e. The van der Waals surface area contributed by atoms with E-state index in [1.807, 2.05) is 44.2 Å². The molecule has 1 unspecified atom stereocenters. The highest BCUT2D eigenvalue weighted by molar-refractivity contribution is 6.07. The van der Waals surface area contributed by atoms with Crippen LogP contribution in [0.5, 0.6) is 0 Å². The second-order valence-corrected chi connectivity index (χ2v) is 5.01. The van der Waals surface area contributed by atoms with Crippen LogP contribution in [0.3, 0.4) is 0 Å². The van der Waals surface area contributed by atoms with E-state index in [0.717, 1.165) is 11.1 Å². The first-order valence-electron chi connectivity index (χ1n) is 6.24. The number of nitrogens with one attached hydrogen (secondary N) is 1. The van der Waals surface area contributed by atoms with Gasteiger partial charge in [-0.05, 0) is 36.6 Å². The number of carbonyl (C=O) groups is 1. The molecule has 0 saturated carbocycles. The van der Waals surface area contributed by atoms with E-state index in [0.29, 0.717) is 16.8 Å². The van der Waals surface area contributed by atoms with Gasteiger partial charge in [0.1, 0.15) is 0 Å². The first kappa shape index (κ1) is 11.9. The number of hydrogen-bond donors (Lipinski definition) is 2. The molecule has 1 aliphatic rings. The lowest BCUT2D eigenvalue weighted by atomic mass is 9.86. The van der Waals surface area contributed by atoms with E-state index in [1.54, 1.807) is 12.1 Å². The lowest BCUT2D eigenvalue weighted by molar-refractivity contribution is -0.129. The SMILES string of the molecule is Cc1ccc(C2(O)C(=O)Nc3ccccc32)cc1C. The monoisotopic (exact) mass is 253 g/mol. The lowest BCUT2D eigenvalue weighted by Gasteiger charge is -2.22. The molecule has 96 valence electrons. The first-order chi connectivity index (χ1) is 9.03. The molecule has 2 aromatic rings. The summed E-state index contributed by atoms with van der Waals surface area (Å²) in [5, 5.41) is 13.6. The standard InChI is InChI=1S/C16H15NO2/c1-10-7-8-12(9-11(10)2)16(19)13-5-3-4-6-14(13)17-15(16)18/h3-9,19H,1-2H3,(H,17,18). The Hall–Kier alpha value is -2.13. The smallest absolute Gasteiger partial charge is 0.265 e. The molecule has 2 N–H and O–H groups in total. The normalized spacial score (nSPS) is 21.1. The van der Waals surface area contributed by atoms with Crippen molar-refractivity contribution in [2.24, 2.45) is 0 Å². The molecule has 1 atom stereocenters. The first-order valence-corrected chi connectivity index (χ1v) is 6.24. The highest BCUT2D eigenvalue weighted by Crippen LogP contribution is 2.40. The zero-order valence-corrected chi connectivity index (χ0v) is 10.9. The van der Waals surface area contributed by atoms with E-state index < -0.39 is 11.5 Å². The van der Waals surface area contributed by atoms with Gasteiger partial charge in [-0.15, -0.1) is 0 Å². The molecule has 19 heavy (non-hydrogen) atoms. The van der Waals surface area contributed by atoms with Gasteiger partial charge in [-0.2, -0.15) is 0 Å². The number of benzene rings is 2. The van der Waals surface area contributed by atoms with Gasteiger partial charge in [0.25, 0.3) is 5.91 Å². The lowest BCUT2D eigenvalue weighted by Crippen LogP contribution is -2.35. The Morgan fingerprint density at radius 1 is 1.05 bits per heavy atom. The fourth-order valence-electron chi connectivity index (χ4n) is 2.50. The summed E-state index contributed by atoms with van der Waals surface area (Å²) in [7, 11) is 0. The summed E-state index contributed by atoms with van der Waals surface area (Å²) >= 11 is 0. The fourth-order valence-corrected chi connectivity index (χ4v) is 2.50. The number of hydrogen-bond acceptors (Lipinski definition) is 2. The molecule has 0 bridgehead atoms. The van der Waals surface area contributed by atoms with E-state index >= 15 is 0 Å². The van der Waals surface area contributed by atoms with Crippen LogP contribution in [0.4, 0.5) is 5.69 Å². The number of rotatable bonds is 1. The Morgan fingerprint density at radius 2 is 1.79 bits per heavy atom. The minimum Gasteiger partial charge on any atom is -0.372 e. The zero-order valence-electron chi connectivity index (χ0n) is 10.9. The second kappa shape index (κ2) is 3.93. The van der Waals surface area contributed by atoms with E-state index in [1.165, 1.54) is 0 Å². The van der Waals surface area contributed by atoms with Crippen molar-refractivity contribution in [2.75, 3.05) is 5.32 Å². The molecule has 1 amide bonds. The van der Waals surface area contributed by atoms with Crippen LogP contribution >= 0.6 is 0 Å². The van der Waals surface area contributed by atoms with Crippen LogP contribution in [0.2, 0.25) is 0 Å². The van der Waals surface area contributed by atoms with Crippen molar-refractivity contribution >= 4 is 11.6 Å². The molecule has 1 heterocycles. The number of amides is 1. The van der Waals surface area contributed by atoms with Crippen molar-refractivity contribution < 1.29 is 9.90 Å². The minimum absolute atomic E-state index is 0.392. The topological polar surface area (TPSA) is 49.3 Å². The molecule has 3 heteroatoms. The van der Waals surface area contributed by atoms with Crippen LogP contribution in [-0.4, -0.2) is 11.0 Å². The number of fused-ring (bicyclic) bond motifs is 1. The van der Waals surface area contributed by atoms with E-state index in [4.69, 9.17) is 0 Å². The van der Waals surface area contributed by atoms with E-state index in [2.05, 4.69) is 5.32 Å². The van der Waals surface area contributed by atoms with Gasteiger partial charge in [0.15, 0.2) is 5.60 Å². The quantitative estimate of drug-likeness (QED) is 0.820. The second-order valence-electron chi connectivity index (χ2n) is 5.01. The molecule has 3 rings (SSSR count). The molecular weight excluding hydrogens is 238 g/mol. The molecule has 0 saturated heterocycles. The average molecular weight is 253 g/mol. The Labute approximate surface area is 111 Å². The minimum atomic E-state index is -1.59. The van der Waals surface area contributed by atoms with Crippen LogP contribution in [0.15, 0.2) is 42.5 Å². The van der Waals surface area contributed by atoms with Gasteiger partial charge in [0.2, 0.25) is 0 Å². The Balaban J connectivity index is 2.22. The summed E-state index contributed by atoms with van der Waals surface area (Å²) in [5.41, 5.74) is 2.51. The van der Waals surface area contributed by atoms with Crippen molar-refractivity contribution in [3.8, 4) is 0 Å². The number of anilines is 1. The van der Waals surface area contributed by atoms with Gasteiger partial charge in [0, 0.05) is 11.3 Å². The van der Waals surface area contributed by atoms with Crippen LogP contribution in [-0.2, 0) is 10.4 Å². The summed E-state index contributed by atoms with van der Waals surface area (Å²) < 4.78 is 0. The van der Waals surface area contributed by atoms with Crippen LogP contribution in [0, 0.1) is 13.8 Å². The maximum absolute atomic E-state index is 12.2. The highest BCUT2D eigenvalue weighted by Gasteiger charge is 2.46. The molecule has 0 spiro atoms. The third-order valence-corrected chi connectivity index (χ3v) is 3.82. The number of aryl methyl sites for hydroxylation is 2. The van der Waals surface area contributed by atoms with Crippen molar-refractivity contribution in [3.05, 3.63) is 64.7 Å². The fraction of sp³-hybridized carbons (Fsp3) is 0.188. The molecule has 0 aromatic heterocycles. The predicted molar refractivity (Wildman–Crippen MR) is 74.0 cm³/mol. The number of aliphatic hydroxyl groups is 1. The zero-order chi connectivity index (χ0) is 13.6. The molecule has 1 aliphatic heterocycles. The average Bonchev–Trinajstić information content (AvgIpc) is 2.66. The Morgan fingerprint density at radius 3 is 2.53 bits per heavy atom. The maximum atomic E-state index is 12.2. The van der Waals surface area contributed by atoms with Gasteiger partial charge >= 0.3 is 0 Å². The third kappa shape index (κ3) is 1.59. The van der Waals surface area contributed by atoms with Gasteiger partial charge in [-0.25, -0.2) is 0 Å². The molecule has 0 radical (unpaired) electrons. The molecule has 0 fully saturated rings. The predicted octanol–water partition coefficient (Wildman–Crippen LogP) is 2.49. The van der Waals surface area contributed by atoms with Crippen LogP contribution in [0.1, 0.15) is 22.3 Å². The number of para-hydroxylation sites is 1. The Kier molecular flexibility index (Phi) is 2.47. The summed E-state index contributed by atoms with van der Waals surface area (Å²) in [5.74, 6) is -0.392. The van der Waals surface area contributed by atoms with Crippen molar-refractivity contribution in [2.45, 2.75) is 19.4 Å². The van der Waals surface area contributed by atoms with Crippen LogP contribution in [0.25, 0.3) is 0 Å². The maximum Gasteiger partial charge on any atom is 0.265 e. The highest BCUT2D eigenvalue weighted by atomic mass is 16.3. The molecule has 0 aliphatic carbocycles.